The molecule has 1 N–H and O–H groups in total. The predicted octanol–water partition coefficient (Wildman–Crippen LogP) is 2.25. The van der Waals surface area contributed by atoms with Gasteiger partial charge < -0.3 is 9.67 Å². The Labute approximate surface area is 99.4 Å². The third kappa shape index (κ3) is 3.18. The highest BCUT2D eigenvalue weighted by Crippen LogP contribution is 2.17. The zero-order valence-corrected chi connectivity index (χ0v) is 10.2. The Balaban J connectivity index is 1.77. The molecule has 0 saturated heterocycles. The van der Waals surface area contributed by atoms with E-state index in [0.29, 0.717) is 6.54 Å². The number of thiophene rings is 1. The molecule has 2 heterocycles. The standard InChI is InChI=1S/C12H16N2OS/c1-10-2-4-12(16-10)5-3-11(15)8-14-7-6-13-9-14/h2,4,6-7,9,11,15H,3,5,8H2,1H3. The SMILES string of the molecule is Cc1ccc(CCC(O)Cn2ccnc2)s1. The first-order valence-corrected chi connectivity index (χ1v) is 6.25. The smallest absolute Gasteiger partial charge is 0.0946 e. The van der Waals surface area contributed by atoms with Crippen LogP contribution in [0.4, 0.5) is 0 Å². The third-order valence-corrected chi connectivity index (χ3v) is 3.56. The van der Waals surface area contributed by atoms with Crippen molar-refractivity contribution in [2.75, 3.05) is 0 Å². The molecule has 0 aromatic carbocycles. The molecule has 0 fully saturated rings. The van der Waals surface area contributed by atoms with Crippen molar-refractivity contribution in [2.24, 2.45) is 0 Å². The number of rotatable bonds is 5. The molecule has 4 heteroatoms. The lowest BCUT2D eigenvalue weighted by Gasteiger charge is -2.10. The molecule has 2 rings (SSSR count). The van der Waals surface area contributed by atoms with E-state index in [1.165, 1.54) is 9.75 Å². The fraction of sp³-hybridized carbons (Fsp3) is 0.417. The van der Waals surface area contributed by atoms with Crippen LogP contribution in [-0.2, 0) is 13.0 Å². The van der Waals surface area contributed by atoms with Crippen LogP contribution in [0.25, 0.3) is 0 Å². The molecule has 0 amide bonds. The van der Waals surface area contributed by atoms with E-state index in [9.17, 15) is 5.11 Å². The molecular weight excluding hydrogens is 220 g/mol. The predicted molar refractivity (Wildman–Crippen MR) is 65.6 cm³/mol. The number of aromatic nitrogens is 2. The van der Waals surface area contributed by atoms with Gasteiger partial charge in [-0.3, -0.25) is 0 Å². The summed E-state index contributed by atoms with van der Waals surface area (Å²) in [5, 5.41) is 9.85. The molecule has 0 aliphatic heterocycles. The van der Waals surface area contributed by atoms with E-state index in [-0.39, 0.29) is 6.10 Å². The number of aliphatic hydroxyl groups is 1. The summed E-state index contributed by atoms with van der Waals surface area (Å²) in [6.45, 7) is 2.74. The van der Waals surface area contributed by atoms with E-state index in [2.05, 4.69) is 24.0 Å². The number of aliphatic hydroxyl groups excluding tert-OH is 1. The molecule has 1 atom stereocenters. The number of hydrogen-bond donors (Lipinski definition) is 1. The van der Waals surface area contributed by atoms with Crippen molar-refractivity contribution in [1.29, 1.82) is 0 Å². The van der Waals surface area contributed by atoms with Crippen molar-refractivity contribution in [1.82, 2.24) is 9.55 Å². The Morgan fingerprint density at radius 3 is 3.00 bits per heavy atom. The summed E-state index contributed by atoms with van der Waals surface area (Å²) in [5.41, 5.74) is 0. The summed E-state index contributed by atoms with van der Waals surface area (Å²) in [7, 11) is 0. The van der Waals surface area contributed by atoms with Crippen LogP contribution in [0.15, 0.2) is 30.9 Å². The minimum Gasteiger partial charge on any atom is -0.391 e. The third-order valence-electron chi connectivity index (χ3n) is 2.50. The van der Waals surface area contributed by atoms with Crippen LogP contribution in [-0.4, -0.2) is 20.8 Å². The van der Waals surface area contributed by atoms with Crippen LogP contribution in [0.1, 0.15) is 16.2 Å². The second-order valence-corrected chi connectivity index (χ2v) is 5.34. The van der Waals surface area contributed by atoms with Gasteiger partial charge in [-0.2, -0.15) is 0 Å². The van der Waals surface area contributed by atoms with Gasteiger partial charge in [0.05, 0.1) is 12.4 Å². The summed E-state index contributed by atoms with van der Waals surface area (Å²) in [6, 6.07) is 4.27. The Kier molecular flexibility index (Phi) is 3.74. The van der Waals surface area contributed by atoms with E-state index in [1.54, 1.807) is 12.5 Å². The van der Waals surface area contributed by atoms with Crippen molar-refractivity contribution in [3.05, 3.63) is 40.6 Å². The van der Waals surface area contributed by atoms with Gasteiger partial charge in [0, 0.05) is 28.7 Å². The highest BCUT2D eigenvalue weighted by Gasteiger charge is 2.06. The minimum atomic E-state index is -0.295. The van der Waals surface area contributed by atoms with Gasteiger partial charge in [0.2, 0.25) is 0 Å². The van der Waals surface area contributed by atoms with E-state index < -0.39 is 0 Å². The molecule has 0 saturated carbocycles. The molecule has 3 nitrogen and oxygen atoms in total. The van der Waals surface area contributed by atoms with Gasteiger partial charge in [0.1, 0.15) is 0 Å². The number of aryl methyl sites for hydroxylation is 2. The Hall–Kier alpha value is -1.13. The molecule has 1 unspecified atom stereocenters. The molecule has 0 bridgehead atoms. The molecule has 0 aliphatic carbocycles. The summed E-state index contributed by atoms with van der Waals surface area (Å²) < 4.78 is 1.91. The van der Waals surface area contributed by atoms with Gasteiger partial charge in [-0.15, -0.1) is 11.3 Å². The molecule has 2 aromatic heterocycles. The van der Waals surface area contributed by atoms with Gasteiger partial charge in [0.15, 0.2) is 0 Å². The summed E-state index contributed by atoms with van der Waals surface area (Å²) in [4.78, 5) is 6.63. The zero-order valence-electron chi connectivity index (χ0n) is 9.34. The van der Waals surface area contributed by atoms with Crippen LogP contribution in [0.3, 0.4) is 0 Å². The van der Waals surface area contributed by atoms with Gasteiger partial charge >= 0.3 is 0 Å². The summed E-state index contributed by atoms with van der Waals surface area (Å²) in [5.74, 6) is 0. The molecule has 16 heavy (non-hydrogen) atoms. The molecule has 0 aliphatic rings. The first-order valence-electron chi connectivity index (χ1n) is 5.43. The first kappa shape index (κ1) is 11.4. The van der Waals surface area contributed by atoms with Crippen molar-refractivity contribution in [2.45, 2.75) is 32.4 Å². The minimum absolute atomic E-state index is 0.295. The van der Waals surface area contributed by atoms with Gasteiger partial charge in [-0.05, 0) is 31.9 Å². The number of nitrogens with zero attached hydrogens (tertiary/aromatic N) is 2. The average Bonchev–Trinajstić information content (AvgIpc) is 2.87. The van der Waals surface area contributed by atoms with Crippen LogP contribution in [0.2, 0.25) is 0 Å². The molecule has 0 radical (unpaired) electrons. The maximum Gasteiger partial charge on any atom is 0.0946 e. The van der Waals surface area contributed by atoms with Crippen molar-refractivity contribution in [3.63, 3.8) is 0 Å². The average molecular weight is 236 g/mol. The zero-order chi connectivity index (χ0) is 11.4. The Bertz CT molecular complexity index is 422. The van der Waals surface area contributed by atoms with E-state index >= 15 is 0 Å². The number of hydrogen-bond acceptors (Lipinski definition) is 3. The van der Waals surface area contributed by atoms with Crippen molar-refractivity contribution in [3.8, 4) is 0 Å². The quantitative estimate of drug-likeness (QED) is 0.864. The summed E-state index contributed by atoms with van der Waals surface area (Å²) in [6.07, 6.45) is 6.80. The largest absolute Gasteiger partial charge is 0.391 e. The fourth-order valence-electron chi connectivity index (χ4n) is 1.66. The monoisotopic (exact) mass is 236 g/mol. The van der Waals surface area contributed by atoms with Gasteiger partial charge in [-0.1, -0.05) is 0 Å². The van der Waals surface area contributed by atoms with E-state index in [4.69, 9.17) is 0 Å². The molecule has 0 spiro atoms. The lowest BCUT2D eigenvalue weighted by molar-refractivity contribution is 0.145. The molecule has 86 valence electrons. The highest BCUT2D eigenvalue weighted by molar-refractivity contribution is 7.11. The molecular formula is C12H16N2OS. The van der Waals surface area contributed by atoms with Crippen LogP contribution in [0.5, 0.6) is 0 Å². The highest BCUT2D eigenvalue weighted by atomic mass is 32.1. The second kappa shape index (κ2) is 5.27. The van der Waals surface area contributed by atoms with Crippen LogP contribution in [0, 0.1) is 6.92 Å². The maximum absolute atomic E-state index is 9.85. The lowest BCUT2D eigenvalue weighted by Crippen LogP contribution is -2.15. The van der Waals surface area contributed by atoms with Crippen LogP contribution < -0.4 is 0 Å². The van der Waals surface area contributed by atoms with Gasteiger partial charge in [-0.25, -0.2) is 4.98 Å². The van der Waals surface area contributed by atoms with Crippen molar-refractivity contribution >= 4 is 11.3 Å². The number of imidazole rings is 1. The summed E-state index contributed by atoms with van der Waals surface area (Å²) >= 11 is 1.81. The Morgan fingerprint density at radius 1 is 1.50 bits per heavy atom. The Morgan fingerprint density at radius 2 is 2.38 bits per heavy atom. The van der Waals surface area contributed by atoms with E-state index in [1.807, 2.05) is 22.1 Å². The van der Waals surface area contributed by atoms with Crippen LogP contribution >= 0.6 is 11.3 Å². The van der Waals surface area contributed by atoms with E-state index in [0.717, 1.165) is 12.8 Å². The van der Waals surface area contributed by atoms with Gasteiger partial charge in [0.25, 0.3) is 0 Å². The molecule has 2 aromatic rings. The maximum atomic E-state index is 9.85. The topological polar surface area (TPSA) is 38.0 Å². The second-order valence-electron chi connectivity index (χ2n) is 3.96. The van der Waals surface area contributed by atoms with Crippen molar-refractivity contribution < 1.29 is 5.11 Å². The lowest BCUT2D eigenvalue weighted by atomic mass is 10.2. The first-order chi connectivity index (χ1) is 7.74. The fourth-order valence-corrected chi connectivity index (χ4v) is 2.56. The normalized spacial score (nSPS) is 12.9.